The molecular formula is C19H22N2O2S2. The zero-order valence-corrected chi connectivity index (χ0v) is 16.1. The zero-order chi connectivity index (χ0) is 17.8. The largest absolute Gasteiger partial charge is 0.462 e. The first-order valence-electron chi connectivity index (χ1n) is 8.55. The van der Waals surface area contributed by atoms with E-state index < -0.39 is 0 Å². The highest BCUT2D eigenvalue weighted by molar-refractivity contribution is 7.80. The van der Waals surface area contributed by atoms with Crippen LogP contribution in [0.4, 0.5) is 10.7 Å². The van der Waals surface area contributed by atoms with Crippen LogP contribution in [0.15, 0.2) is 24.3 Å². The second-order valence-electron chi connectivity index (χ2n) is 6.03. The number of benzene rings is 1. The summed E-state index contributed by atoms with van der Waals surface area (Å²) in [4.78, 5) is 13.7. The Morgan fingerprint density at radius 2 is 2.00 bits per heavy atom. The molecule has 0 atom stereocenters. The number of para-hydroxylation sites is 1. The van der Waals surface area contributed by atoms with E-state index in [1.807, 2.05) is 38.1 Å². The molecule has 1 aromatic heterocycles. The highest BCUT2D eigenvalue weighted by Gasteiger charge is 2.26. The highest BCUT2D eigenvalue weighted by Crippen LogP contribution is 2.38. The van der Waals surface area contributed by atoms with Crippen molar-refractivity contribution in [3.63, 3.8) is 0 Å². The number of carbonyl (C=O) groups excluding carboxylic acids is 1. The van der Waals surface area contributed by atoms with E-state index in [0.717, 1.165) is 41.1 Å². The minimum absolute atomic E-state index is 0.261. The second kappa shape index (κ2) is 7.97. The minimum atomic E-state index is -0.261. The Labute approximate surface area is 157 Å². The number of nitrogens with one attached hydrogen (secondary N) is 2. The first kappa shape index (κ1) is 17.9. The minimum Gasteiger partial charge on any atom is -0.462 e. The van der Waals surface area contributed by atoms with Gasteiger partial charge in [-0.15, -0.1) is 11.3 Å². The van der Waals surface area contributed by atoms with Crippen molar-refractivity contribution in [3.05, 3.63) is 45.8 Å². The molecule has 2 aromatic rings. The summed E-state index contributed by atoms with van der Waals surface area (Å²) in [6.45, 7) is 4.22. The molecule has 1 aromatic carbocycles. The van der Waals surface area contributed by atoms with Gasteiger partial charge in [-0.05, 0) is 68.9 Å². The van der Waals surface area contributed by atoms with Crippen LogP contribution in [0.5, 0.6) is 0 Å². The molecule has 3 rings (SSSR count). The van der Waals surface area contributed by atoms with Crippen LogP contribution < -0.4 is 10.6 Å². The lowest BCUT2D eigenvalue weighted by Gasteiger charge is -2.14. The number of esters is 1. The fraction of sp³-hybridized carbons (Fsp3) is 0.368. The third kappa shape index (κ3) is 4.02. The third-order valence-corrected chi connectivity index (χ3v) is 5.68. The van der Waals surface area contributed by atoms with Gasteiger partial charge in [0.2, 0.25) is 0 Å². The predicted octanol–water partition coefficient (Wildman–Crippen LogP) is 4.92. The quantitative estimate of drug-likeness (QED) is 0.587. The van der Waals surface area contributed by atoms with Gasteiger partial charge in [-0.1, -0.05) is 18.2 Å². The molecule has 132 valence electrons. The van der Waals surface area contributed by atoms with E-state index in [1.54, 1.807) is 11.3 Å². The molecule has 0 aliphatic heterocycles. The monoisotopic (exact) mass is 374 g/mol. The Morgan fingerprint density at radius 3 is 2.76 bits per heavy atom. The van der Waals surface area contributed by atoms with Gasteiger partial charge in [-0.3, -0.25) is 0 Å². The standard InChI is InChI=1S/C19H22N2O2S2/c1-3-23-18(22)16-13-9-5-7-11-15(13)25-17(16)21-19(24)20-14-10-6-4-8-12(14)2/h4,6,8,10H,3,5,7,9,11H2,1-2H3,(H2,20,21,24). The van der Waals surface area contributed by atoms with Gasteiger partial charge in [0.25, 0.3) is 0 Å². The number of fused-ring (bicyclic) bond motifs is 1. The van der Waals surface area contributed by atoms with E-state index in [2.05, 4.69) is 10.6 Å². The van der Waals surface area contributed by atoms with Crippen molar-refractivity contribution < 1.29 is 9.53 Å². The maximum atomic E-state index is 12.5. The maximum absolute atomic E-state index is 12.5. The van der Waals surface area contributed by atoms with Gasteiger partial charge in [0, 0.05) is 10.6 Å². The van der Waals surface area contributed by atoms with E-state index in [4.69, 9.17) is 17.0 Å². The number of hydrogen-bond donors (Lipinski definition) is 2. The Balaban J connectivity index is 1.84. The van der Waals surface area contributed by atoms with Crippen LogP contribution in [0.1, 0.15) is 46.1 Å². The molecule has 0 bridgehead atoms. The van der Waals surface area contributed by atoms with Gasteiger partial charge >= 0.3 is 5.97 Å². The van der Waals surface area contributed by atoms with Crippen LogP contribution in [0, 0.1) is 6.92 Å². The zero-order valence-electron chi connectivity index (χ0n) is 14.5. The molecule has 1 aliphatic rings. The van der Waals surface area contributed by atoms with Crippen LogP contribution in [-0.2, 0) is 17.6 Å². The molecular weight excluding hydrogens is 352 g/mol. The molecule has 0 spiro atoms. The Bertz CT molecular complexity index is 799. The van der Waals surface area contributed by atoms with E-state index in [-0.39, 0.29) is 5.97 Å². The Morgan fingerprint density at radius 1 is 1.24 bits per heavy atom. The average Bonchev–Trinajstić information content (AvgIpc) is 2.95. The van der Waals surface area contributed by atoms with Crippen molar-refractivity contribution in [1.29, 1.82) is 0 Å². The number of ether oxygens (including phenoxy) is 1. The lowest BCUT2D eigenvalue weighted by molar-refractivity contribution is 0.0526. The van der Waals surface area contributed by atoms with E-state index in [0.29, 0.717) is 17.3 Å². The van der Waals surface area contributed by atoms with E-state index in [9.17, 15) is 4.79 Å². The first-order valence-corrected chi connectivity index (χ1v) is 9.78. The molecule has 6 heteroatoms. The number of thiocarbonyl (C=S) groups is 1. The van der Waals surface area contributed by atoms with Gasteiger partial charge in [0.15, 0.2) is 5.11 Å². The molecule has 0 saturated carbocycles. The summed E-state index contributed by atoms with van der Waals surface area (Å²) in [5.74, 6) is -0.261. The van der Waals surface area contributed by atoms with Crippen molar-refractivity contribution in [2.24, 2.45) is 0 Å². The molecule has 0 amide bonds. The SMILES string of the molecule is CCOC(=O)c1c(NC(=S)Nc2ccccc2C)sc2c1CCCC2. The van der Waals surface area contributed by atoms with Crippen LogP contribution >= 0.6 is 23.6 Å². The summed E-state index contributed by atoms with van der Waals surface area (Å²) < 4.78 is 5.28. The maximum Gasteiger partial charge on any atom is 0.341 e. The molecule has 1 heterocycles. The number of thiophene rings is 1. The Kier molecular flexibility index (Phi) is 5.71. The molecule has 0 saturated heterocycles. The molecule has 0 unspecified atom stereocenters. The van der Waals surface area contributed by atoms with Crippen molar-refractivity contribution in [3.8, 4) is 0 Å². The molecule has 4 nitrogen and oxygen atoms in total. The Hall–Kier alpha value is -1.92. The summed E-state index contributed by atoms with van der Waals surface area (Å²) in [7, 11) is 0. The van der Waals surface area contributed by atoms with Crippen LogP contribution in [0.25, 0.3) is 0 Å². The summed E-state index contributed by atoms with van der Waals surface area (Å²) in [6, 6.07) is 7.96. The smallest absolute Gasteiger partial charge is 0.341 e. The topological polar surface area (TPSA) is 50.4 Å². The van der Waals surface area contributed by atoms with Crippen LogP contribution in [0.3, 0.4) is 0 Å². The molecule has 2 N–H and O–H groups in total. The number of aryl methyl sites for hydroxylation is 2. The molecule has 0 fully saturated rings. The van der Waals surface area contributed by atoms with Crippen molar-refractivity contribution >= 4 is 45.3 Å². The number of carbonyl (C=O) groups is 1. The summed E-state index contributed by atoms with van der Waals surface area (Å²) in [5.41, 5.74) is 3.87. The average molecular weight is 375 g/mol. The number of rotatable bonds is 4. The fourth-order valence-electron chi connectivity index (χ4n) is 3.04. The van der Waals surface area contributed by atoms with E-state index in [1.165, 1.54) is 11.3 Å². The predicted molar refractivity (Wildman–Crippen MR) is 108 cm³/mol. The van der Waals surface area contributed by atoms with Crippen molar-refractivity contribution in [2.45, 2.75) is 39.5 Å². The normalized spacial score (nSPS) is 13.0. The first-order chi connectivity index (χ1) is 12.1. The van der Waals surface area contributed by atoms with Gasteiger partial charge in [0.1, 0.15) is 5.00 Å². The number of hydrogen-bond acceptors (Lipinski definition) is 4. The molecule has 1 aliphatic carbocycles. The molecule has 0 radical (unpaired) electrons. The van der Waals surface area contributed by atoms with Crippen LogP contribution in [0.2, 0.25) is 0 Å². The summed E-state index contributed by atoms with van der Waals surface area (Å²) in [5, 5.41) is 7.71. The fourth-order valence-corrected chi connectivity index (χ4v) is 4.60. The summed E-state index contributed by atoms with van der Waals surface area (Å²) in [6.07, 6.45) is 4.23. The van der Waals surface area contributed by atoms with Gasteiger partial charge in [0.05, 0.1) is 12.2 Å². The summed E-state index contributed by atoms with van der Waals surface area (Å²) >= 11 is 7.08. The third-order valence-electron chi connectivity index (χ3n) is 4.27. The van der Waals surface area contributed by atoms with Gasteiger partial charge in [-0.2, -0.15) is 0 Å². The van der Waals surface area contributed by atoms with Crippen molar-refractivity contribution in [1.82, 2.24) is 0 Å². The van der Waals surface area contributed by atoms with Crippen LogP contribution in [-0.4, -0.2) is 17.7 Å². The highest BCUT2D eigenvalue weighted by atomic mass is 32.1. The van der Waals surface area contributed by atoms with Gasteiger partial charge < -0.3 is 15.4 Å². The second-order valence-corrected chi connectivity index (χ2v) is 7.54. The van der Waals surface area contributed by atoms with Gasteiger partial charge in [-0.25, -0.2) is 4.79 Å². The van der Waals surface area contributed by atoms with E-state index >= 15 is 0 Å². The molecule has 25 heavy (non-hydrogen) atoms. The lowest BCUT2D eigenvalue weighted by atomic mass is 9.95. The number of anilines is 2. The van der Waals surface area contributed by atoms with Crippen molar-refractivity contribution in [2.75, 3.05) is 17.2 Å². The lowest BCUT2D eigenvalue weighted by Crippen LogP contribution is -2.21.